The van der Waals surface area contributed by atoms with Gasteiger partial charge in [-0.3, -0.25) is 0 Å². The lowest BCUT2D eigenvalue weighted by molar-refractivity contribution is -0.143. The van der Waals surface area contributed by atoms with Crippen molar-refractivity contribution in [2.75, 3.05) is 14.2 Å². The van der Waals surface area contributed by atoms with Gasteiger partial charge in [0.25, 0.3) is 0 Å². The smallest absolute Gasteiger partial charge is 0.327 e. The van der Waals surface area contributed by atoms with E-state index in [4.69, 9.17) is 0 Å². The number of ketones is 1. The molecule has 4 nitrogen and oxygen atoms in total. The molecule has 0 heterocycles. The summed E-state index contributed by atoms with van der Waals surface area (Å²) >= 11 is 0. The number of rotatable bonds is 6. The lowest BCUT2D eigenvalue weighted by atomic mass is 10.0. The van der Waals surface area contributed by atoms with E-state index in [0.29, 0.717) is 12.8 Å². The van der Waals surface area contributed by atoms with Crippen LogP contribution in [0.4, 0.5) is 4.39 Å². The molecule has 5 heteroatoms. The van der Waals surface area contributed by atoms with E-state index in [1.807, 2.05) is 0 Å². The van der Waals surface area contributed by atoms with Crippen LogP contribution in [0.3, 0.4) is 0 Å². The number of Topliss-reactive ketones (excluding diaryl/α,β-unsaturated/α-hetero) is 1. The Bertz CT molecular complexity index is 474. The number of carbonyl (C=O) groups excluding carboxylic acids is 2. The number of esters is 1. The first kappa shape index (κ1) is 15.3. The first-order valence-electron chi connectivity index (χ1n) is 6.02. The van der Waals surface area contributed by atoms with Gasteiger partial charge in [-0.15, -0.1) is 0 Å². The third-order valence-electron chi connectivity index (χ3n) is 2.87. The van der Waals surface area contributed by atoms with E-state index in [0.717, 1.165) is 5.56 Å². The summed E-state index contributed by atoms with van der Waals surface area (Å²) in [5.74, 6) is -0.962. The van der Waals surface area contributed by atoms with Gasteiger partial charge in [-0.2, -0.15) is 0 Å². The highest BCUT2D eigenvalue weighted by Crippen LogP contribution is 2.20. The zero-order valence-electron chi connectivity index (χ0n) is 11.3. The van der Waals surface area contributed by atoms with Crippen molar-refractivity contribution in [1.29, 1.82) is 0 Å². The second-order valence-electron chi connectivity index (χ2n) is 4.30. The number of methoxy groups -OCH3 is 1. The highest BCUT2D eigenvalue weighted by molar-refractivity contribution is 5.77. The first-order chi connectivity index (χ1) is 8.99. The van der Waals surface area contributed by atoms with Crippen LogP contribution in [0.2, 0.25) is 0 Å². The monoisotopic (exact) mass is 267 g/mol. The number of likely N-dealkylation sites (N-methyl/N-ethyl adjacent to an activating group) is 1. The number of nitrogens with one attached hydrogen (secondary N) is 1. The van der Waals surface area contributed by atoms with E-state index >= 15 is 0 Å². The molecule has 0 radical (unpaired) electrons. The minimum Gasteiger partial charge on any atom is -0.468 e. The molecule has 1 N–H and O–H groups in total. The average Bonchev–Trinajstić information content (AvgIpc) is 2.38. The highest BCUT2D eigenvalue weighted by atomic mass is 19.1. The summed E-state index contributed by atoms with van der Waals surface area (Å²) in [6, 6.07) is 3.79. The minimum atomic E-state index is -0.827. The van der Waals surface area contributed by atoms with Gasteiger partial charge in [-0.1, -0.05) is 12.1 Å². The standard InChI is InChI=1S/C14H18FNO3/c1-9(17)4-5-10-6-7-11(12(15)8-10)13(16-2)14(18)19-3/h6-8,13,16H,4-5H2,1-3H3. The Kier molecular flexibility index (Phi) is 5.63. The maximum Gasteiger partial charge on any atom is 0.327 e. The van der Waals surface area contributed by atoms with Gasteiger partial charge >= 0.3 is 5.97 Å². The molecule has 1 atom stereocenters. The SMILES string of the molecule is CNC(C(=O)OC)c1ccc(CCC(C)=O)cc1F. The zero-order chi connectivity index (χ0) is 14.4. The third-order valence-corrected chi connectivity index (χ3v) is 2.87. The molecule has 1 unspecified atom stereocenters. The van der Waals surface area contributed by atoms with Crippen molar-refractivity contribution in [3.8, 4) is 0 Å². The topological polar surface area (TPSA) is 55.4 Å². The predicted molar refractivity (Wildman–Crippen MR) is 69.2 cm³/mol. The molecule has 19 heavy (non-hydrogen) atoms. The lowest BCUT2D eigenvalue weighted by Crippen LogP contribution is -2.27. The van der Waals surface area contributed by atoms with Crippen molar-refractivity contribution < 1.29 is 18.7 Å². The van der Waals surface area contributed by atoms with E-state index in [2.05, 4.69) is 10.1 Å². The van der Waals surface area contributed by atoms with Crippen LogP contribution >= 0.6 is 0 Å². The van der Waals surface area contributed by atoms with Gasteiger partial charge in [-0.05, 0) is 32.0 Å². The molecular weight excluding hydrogens is 249 g/mol. The maximum absolute atomic E-state index is 14.0. The molecule has 0 saturated heterocycles. The molecule has 0 bridgehead atoms. The van der Waals surface area contributed by atoms with Gasteiger partial charge in [0.1, 0.15) is 17.6 Å². The highest BCUT2D eigenvalue weighted by Gasteiger charge is 2.22. The second kappa shape index (κ2) is 6.99. The summed E-state index contributed by atoms with van der Waals surface area (Å²) < 4.78 is 18.6. The minimum absolute atomic E-state index is 0.0622. The molecule has 0 aliphatic rings. The van der Waals surface area contributed by atoms with E-state index in [9.17, 15) is 14.0 Å². The number of hydrogen-bond donors (Lipinski definition) is 1. The molecule has 0 spiro atoms. The lowest BCUT2D eigenvalue weighted by Gasteiger charge is -2.15. The summed E-state index contributed by atoms with van der Waals surface area (Å²) in [4.78, 5) is 22.4. The van der Waals surface area contributed by atoms with Crippen LogP contribution in [0.5, 0.6) is 0 Å². The summed E-state index contributed by atoms with van der Waals surface area (Å²) in [6.45, 7) is 1.50. The third kappa shape index (κ3) is 4.13. The van der Waals surface area contributed by atoms with E-state index < -0.39 is 17.8 Å². The van der Waals surface area contributed by atoms with Crippen molar-refractivity contribution in [2.45, 2.75) is 25.8 Å². The number of aryl methyl sites for hydroxylation is 1. The fourth-order valence-corrected chi connectivity index (χ4v) is 1.80. The summed E-state index contributed by atoms with van der Waals surface area (Å²) in [5.41, 5.74) is 0.970. The van der Waals surface area contributed by atoms with E-state index in [1.54, 1.807) is 19.2 Å². The Morgan fingerprint density at radius 2 is 2.11 bits per heavy atom. The van der Waals surface area contributed by atoms with Crippen molar-refractivity contribution in [3.05, 3.63) is 35.1 Å². The predicted octanol–water partition coefficient (Wildman–Crippen LogP) is 1.78. The Morgan fingerprint density at radius 3 is 2.58 bits per heavy atom. The molecular formula is C14H18FNO3. The van der Waals surface area contributed by atoms with Crippen LogP contribution in [0.15, 0.2) is 18.2 Å². The number of hydrogen-bond acceptors (Lipinski definition) is 4. The van der Waals surface area contributed by atoms with Crippen LogP contribution in [0.1, 0.15) is 30.5 Å². The molecule has 1 aromatic rings. The zero-order valence-corrected chi connectivity index (χ0v) is 11.3. The molecule has 0 aromatic heterocycles. The van der Waals surface area contributed by atoms with Crippen LogP contribution in [-0.4, -0.2) is 25.9 Å². The fourth-order valence-electron chi connectivity index (χ4n) is 1.80. The van der Waals surface area contributed by atoms with Crippen molar-refractivity contribution in [2.24, 2.45) is 0 Å². The molecule has 0 fully saturated rings. The van der Waals surface area contributed by atoms with Crippen LogP contribution < -0.4 is 5.32 Å². The average molecular weight is 267 g/mol. The van der Waals surface area contributed by atoms with Gasteiger partial charge in [-0.25, -0.2) is 9.18 Å². The van der Waals surface area contributed by atoms with E-state index in [1.165, 1.54) is 20.1 Å². The first-order valence-corrected chi connectivity index (χ1v) is 6.02. The van der Waals surface area contributed by atoms with Crippen molar-refractivity contribution in [3.63, 3.8) is 0 Å². The Morgan fingerprint density at radius 1 is 1.42 bits per heavy atom. The Balaban J connectivity index is 2.92. The van der Waals surface area contributed by atoms with Gasteiger partial charge in [0.05, 0.1) is 7.11 Å². The molecule has 1 rings (SSSR count). The van der Waals surface area contributed by atoms with E-state index in [-0.39, 0.29) is 11.3 Å². The van der Waals surface area contributed by atoms with Crippen molar-refractivity contribution >= 4 is 11.8 Å². The summed E-state index contributed by atoms with van der Waals surface area (Å²) in [6.07, 6.45) is 0.875. The molecule has 0 saturated carbocycles. The van der Waals surface area contributed by atoms with Crippen LogP contribution in [0.25, 0.3) is 0 Å². The largest absolute Gasteiger partial charge is 0.468 e. The molecule has 1 aromatic carbocycles. The summed E-state index contributed by atoms with van der Waals surface area (Å²) in [5, 5.41) is 2.71. The summed E-state index contributed by atoms with van der Waals surface area (Å²) in [7, 11) is 2.82. The second-order valence-corrected chi connectivity index (χ2v) is 4.30. The Hall–Kier alpha value is -1.75. The van der Waals surface area contributed by atoms with Gasteiger partial charge in [0.2, 0.25) is 0 Å². The van der Waals surface area contributed by atoms with Crippen molar-refractivity contribution in [1.82, 2.24) is 5.32 Å². The molecule has 0 aliphatic carbocycles. The number of carbonyl (C=O) groups is 2. The Labute approximate surface area is 112 Å². The quantitative estimate of drug-likeness (QED) is 0.798. The normalized spacial score (nSPS) is 12.0. The number of benzene rings is 1. The molecule has 104 valence electrons. The fraction of sp³-hybridized carbons (Fsp3) is 0.429. The molecule has 0 aliphatic heterocycles. The number of halogens is 1. The number of ether oxygens (including phenoxy) is 1. The molecule has 0 amide bonds. The van der Waals surface area contributed by atoms with Gasteiger partial charge in [0.15, 0.2) is 0 Å². The van der Waals surface area contributed by atoms with Crippen LogP contribution in [-0.2, 0) is 20.7 Å². The van der Waals surface area contributed by atoms with Crippen LogP contribution in [0, 0.1) is 5.82 Å². The van der Waals surface area contributed by atoms with Gasteiger partial charge < -0.3 is 14.8 Å². The maximum atomic E-state index is 14.0. The van der Waals surface area contributed by atoms with Gasteiger partial charge in [0, 0.05) is 12.0 Å².